The van der Waals surface area contributed by atoms with Crippen molar-refractivity contribution in [1.29, 1.82) is 0 Å². The Labute approximate surface area is 284 Å². The standard InChI is InChI=1S/C42H26I2/c43-38-15-7-3-11-29(38)17-19-31-25-33-26-32(20-18-30-12-4-8-16-39(30)44)37-24-22-28-10-2-6-14-35(28)42(37)40(33)41-34-13-5-1-9-27(34)21-23-36(31)41/h1-26H. The lowest BCUT2D eigenvalue weighted by molar-refractivity contribution is 1.60. The van der Waals surface area contributed by atoms with E-state index in [0.717, 1.165) is 0 Å². The van der Waals surface area contributed by atoms with Crippen molar-refractivity contribution in [2.75, 3.05) is 0 Å². The lowest BCUT2D eigenvalue weighted by Crippen LogP contribution is -1.90. The van der Waals surface area contributed by atoms with E-state index in [0.29, 0.717) is 0 Å². The number of hydrogen-bond donors (Lipinski definition) is 0. The lowest BCUT2D eigenvalue weighted by Gasteiger charge is -2.17. The zero-order valence-electron chi connectivity index (χ0n) is 23.8. The van der Waals surface area contributed by atoms with E-state index in [1.165, 1.54) is 83.3 Å². The number of fused-ring (bicyclic) bond motifs is 9. The molecule has 44 heavy (non-hydrogen) atoms. The first-order valence-corrected chi connectivity index (χ1v) is 16.9. The van der Waals surface area contributed by atoms with Crippen LogP contribution in [-0.2, 0) is 0 Å². The number of benzene rings is 8. The molecule has 0 spiro atoms. The van der Waals surface area contributed by atoms with E-state index in [1.54, 1.807) is 0 Å². The van der Waals surface area contributed by atoms with Gasteiger partial charge in [-0.25, -0.2) is 0 Å². The van der Waals surface area contributed by atoms with E-state index < -0.39 is 0 Å². The fraction of sp³-hybridized carbons (Fsp3) is 0. The van der Waals surface area contributed by atoms with E-state index >= 15 is 0 Å². The van der Waals surface area contributed by atoms with Crippen LogP contribution in [0.5, 0.6) is 0 Å². The lowest BCUT2D eigenvalue weighted by atomic mass is 9.86. The molecule has 208 valence electrons. The van der Waals surface area contributed by atoms with E-state index in [2.05, 4.69) is 203 Å². The Morgan fingerprint density at radius 1 is 0.318 bits per heavy atom. The maximum Gasteiger partial charge on any atom is 0.0202 e. The van der Waals surface area contributed by atoms with Crippen molar-refractivity contribution in [3.05, 3.63) is 163 Å². The Morgan fingerprint density at radius 2 is 0.727 bits per heavy atom. The van der Waals surface area contributed by atoms with Gasteiger partial charge in [0.15, 0.2) is 0 Å². The van der Waals surface area contributed by atoms with Crippen LogP contribution in [0, 0.1) is 7.14 Å². The van der Waals surface area contributed by atoms with Crippen molar-refractivity contribution in [1.82, 2.24) is 0 Å². The van der Waals surface area contributed by atoms with Gasteiger partial charge in [-0.2, -0.15) is 0 Å². The zero-order chi connectivity index (χ0) is 29.6. The second-order valence-electron chi connectivity index (χ2n) is 11.2. The molecule has 0 heterocycles. The number of halogens is 2. The molecular weight excluding hydrogens is 758 g/mol. The molecule has 8 aromatic rings. The Balaban J connectivity index is 1.53. The maximum atomic E-state index is 2.43. The maximum absolute atomic E-state index is 2.43. The van der Waals surface area contributed by atoms with Crippen molar-refractivity contribution in [2.24, 2.45) is 0 Å². The molecule has 0 unspecified atom stereocenters. The molecule has 8 aromatic carbocycles. The summed E-state index contributed by atoms with van der Waals surface area (Å²) in [4.78, 5) is 0. The first-order valence-electron chi connectivity index (χ1n) is 14.7. The normalized spacial score (nSPS) is 12.1. The molecule has 0 saturated heterocycles. The highest BCUT2D eigenvalue weighted by molar-refractivity contribution is 14.1. The van der Waals surface area contributed by atoms with Crippen LogP contribution in [0.4, 0.5) is 0 Å². The van der Waals surface area contributed by atoms with Crippen LogP contribution in [0.1, 0.15) is 22.3 Å². The van der Waals surface area contributed by atoms with Gasteiger partial charge in [0.25, 0.3) is 0 Å². The van der Waals surface area contributed by atoms with Gasteiger partial charge in [0.05, 0.1) is 0 Å². The van der Waals surface area contributed by atoms with Crippen LogP contribution in [0.2, 0.25) is 0 Å². The molecule has 0 aliphatic heterocycles. The van der Waals surface area contributed by atoms with Gasteiger partial charge in [0, 0.05) is 7.14 Å². The smallest absolute Gasteiger partial charge is 0.0202 e. The van der Waals surface area contributed by atoms with Crippen molar-refractivity contribution in [3.63, 3.8) is 0 Å². The van der Waals surface area contributed by atoms with Gasteiger partial charge in [-0.1, -0.05) is 133 Å². The van der Waals surface area contributed by atoms with Crippen molar-refractivity contribution < 1.29 is 0 Å². The molecule has 0 amide bonds. The summed E-state index contributed by atoms with van der Waals surface area (Å²) in [6, 6.07) is 48.7. The summed E-state index contributed by atoms with van der Waals surface area (Å²) >= 11 is 4.85. The van der Waals surface area contributed by atoms with Crippen LogP contribution < -0.4 is 0 Å². The molecule has 0 aromatic heterocycles. The van der Waals surface area contributed by atoms with Crippen molar-refractivity contribution in [2.45, 2.75) is 0 Å². The number of hydrogen-bond acceptors (Lipinski definition) is 0. The quantitative estimate of drug-likeness (QED) is 0.0947. The molecule has 0 radical (unpaired) electrons. The summed E-state index contributed by atoms with van der Waals surface area (Å²) in [5, 5.41) is 12.8. The van der Waals surface area contributed by atoms with E-state index in [1.807, 2.05) is 0 Å². The zero-order valence-corrected chi connectivity index (χ0v) is 28.1. The van der Waals surface area contributed by atoms with Gasteiger partial charge in [-0.3, -0.25) is 0 Å². The summed E-state index contributed by atoms with van der Waals surface area (Å²) in [7, 11) is 0. The largest absolute Gasteiger partial charge is 0.0616 e. The Kier molecular flexibility index (Phi) is 7.19. The third-order valence-corrected chi connectivity index (χ3v) is 10.6. The first kappa shape index (κ1) is 27.5. The molecule has 0 fully saturated rings. The molecule has 2 heteroatoms. The molecule has 0 bridgehead atoms. The summed E-state index contributed by atoms with van der Waals surface area (Å²) in [6.07, 6.45) is 9.10. The van der Waals surface area contributed by atoms with Crippen molar-refractivity contribution >= 4 is 123 Å². The average molecular weight is 784 g/mol. The van der Waals surface area contributed by atoms with Crippen LogP contribution >= 0.6 is 45.2 Å². The van der Waals surface area contributed by atoms with Crippen LogP contribution in [0.15, 0.2) is 133 Å². The molecule has 0 saturated carbocycles. The minimum atomic E-state index is 1.23. The van der Waals surface area contributed by atoms with E-state index in [4.69, 9.17) is 0 Å². The van der Waals surface area contributed by atoms with Crippen LogP contribution in [-0.4, -0.2) is 0 Å². The highest BCUT2D eigenvalue weighted by Crippen LogP contribution is 2.43. The first-order chi connectivity index (χ1) is 21.7. The summed E-state index contributed by atoms with van der Waals surface area (Å²) in [6.45, 7) is 0. The molecule has 0 aliphatic carbocycles. The minimum absolute atomic E-state index is 1.23. The highest BCUT2D eigenvalue weighted by Gasteiger charge is 2.16. The van der Waals surface area contributed by atoms with Crippen molar-refractivity contribution in [3.8, 4) is 0 Å². The Hall–Kier alpha value is -4.00. The SMILES string of the molecule is Ic1ccccc1C=Cc1cc2cc(C=Cc3ccccc3I)c3ccc4ccccc4c3c2c2c1ccc1ccccc12. The topological polar surface area (TPSA) is 0 Å². The Bertz CT molecular complexity index is 2290. The second kappa shape index (κ2) is 11.5. The monoisotopic (exact) mass is 784 g/mol. The molecule has 8 rings (SSSR count). The minimum Gasteiger partial charge on any atom is -0.0616 e. The average Bonchev–Trinajstić information content (AvgIpc) is 3.06. The fourth-order valence-corrected chi connectivity index (χ4v) is 7.64. The van der Waals surface area contributed by atoms with Gasteiger partial charge in [0.1, 0.15) is 0 Å². The summed E-state index contributed by atoms with van der Waals surface area (Å²) in [5.74, 6) is 0. The third-order valence-electron chi connectivity index (χ3n) is 8.59. The molecule has 0 aliphatic rings. The third kappa shape index (κ3) is 4.81. The Morgan fingerprint density at radius 3 is 1.20 bits per heavy atom. The van der Waals surface area contributed by atoms with Gasteiger partial charge in [-0.15, -0.1) is 0 Å². The fourth-order valence-electron chi connectivity index (χ4n) is 6.51. The molecular formula is C42H26I2. The molecule has 0 N–H and O–H groups in total. The summed E-state index contributed by atoms with van der Waals surface area (Å²) in [5.41, 5.74) is 4.91. The van der Waals surface area contributed by atoms with Gasteiger partial charge < -0.3 is 0 Å². The van der Waals surface area contributed by atoms with E-state index in [-0.39, 0.29) is 0 Å². The molecule has 0 nitrogen and oxygen atoms in total. The van der Waals surface area contributed by atoms with Crippen LogP contribution in [0.25, 0.3) is 78.2 Å². The highest BCUT2D eigenvalue weighted by atomic mass is 127. The molecule has 0 atom stereocenters. The van der Waals surface area contributed by atoms with Gasteiger partial charge >= 0.3 is 0 Å². The van der Waals surface area contributed by atoms with Gasteiger partial charge in [0.2, 0.25) is 0 Å². The second-order valence-corrected chi connectivity index (χ2v) is 13.5. The van der Waals surface area contributed by atoms with Crippen LogP contribution in [0.3, 0.4) is 0 Å². The number of rotatable bonds is 4. The predicted octanol–water partition coefficient (Wildman–Crippen LogP) is 13.0. The predicted molar refractivity (Wildman–Crippen MR) is 210 cm³/mol. The summed E-state index contributed by atoms with van der Waals surface area (Å²) < 4.78 is 2.50. The van der Waals surface area contributed by atoms with E-state index in [9.17, 15) is 0 Å². The van der Waals surface area contributed by atoms with Gasteiger partial charge in [-0.05, 0) is 146 Å².